The summed E-state index contributed by atoms with van der Waals surface area (Å²) in [4.78, 5) is 35.3. The lowest BCUT2D eigenvalue weighted by atomic mass is 10.1. The molecule has 28 heavy (non-hydrogen) atoms. The number of nitrogens with one attached hydrogen (secondary N) is 2. The molecule has 3 amide bonds. The molecule has 0 heterocycles. The van der Waals surface area contributed by atoms with E-state index in [0.717, 1.165) is 44.9 Å². The van der Waals surface area contributed by atoms with Crippen LogP contribution in [0.1, 0.15) is 110 Å². The van der Waals surface area contributed by atoms with Gasteiger partial charge in [-0.3, -0.25) is 14.4 Å². The summed E-state index contributed by atoms with van der Waals surface area (Å²) in [5.74, 6) is -0.494. The zero-order valence-corrected chi connectivity index (χ0v) is 18.2. The highest BCUT2D eigenvalue weighted by Crippen LogP contribution is 2.07. The first-order chi connectivity index (χ1) is 13.5. The van der Waals surface area contributed by atoms with Gasteiger partial charge in [-0.25, -0.2) is 0 Å². The van der Waals surface area contributed by atoms with E-state index in [9.17, 15) is 14.4 Å². The van der Waals surface area contributed by atoms with Crippen LogP contribution < -0.4 is 16.4 Å². The third kappa shape index (κ3) is 16.6. The average Bonchev–Trinajstić information content (AvgIpc) is 2.66. The number of hydrogen-bond acceptors (Lipinski definition) is 3. The third-order valence-corrected chi connectivity index (χ3v) is 4.94. The molecule has 0 aliphatic rings. The predicted molar refractivity (Wildman–Crippen MR) is 115 cm³/mol. The van der Waals surface area contributed by atoms with E-state index in [-0.39, 0.29) is 11.8 Å². The van der Waals surface area contributed by atoms with Crippen LogP contribution in [-0.2, 0) is 14.4 Å². The molecule has 0 spiro atoms. The maximum atomic E-state index is 12.0. The molecule has 6 nitrogen and oxygen atoms in total. The zero-order chi connectivity index (χ0) is 21.0. The molecule has 0 aliphatic carbocycles. The molecule has 0 aromatic carbocycles. The maximum absolute atomic E-state index is 12.0. The van der Waals surface area contributed by atoms with Gasteiger partial charge < -0.3 is 16.4 Å². The van der Waals surface area contributed by atoms with Gasteiger partial charge in [-0.2, -0.15) is 0 Å². The van der Waals surface area contributed by atoms with Gasteiger partial charge in [0, 0.05) is 19.4 Å². The van der Waals surface area contributed by atoms with Crippen LogP contribution in [0.15, 0.2) is 0 Å². The Morgan fingerprint density at radius 3 is 1.79 bits per heavy atom. The Morgan fingerprint density at radius 2 is 1.25 bits per heavy atom. The van der Waals surface area contributed by atoms with Crippen molar-refractivity contribution in [2.75, 3.05) is 6.54 Å². The number of primary amides is 1. The summed E-state index contributed by atoms with van der Waals surface area (Å²) in [7, 11) is 0. The van der Waals surface area contributed by atoms with Crippen LogP contribution in [0.2, 0.25) is 0 Å². The van der Waals surface area contributed by atoms with Gasteiger partial charge in [0.15, 0.2) is 0 Å². The van der Waals surface area contributed by atoms with Crippen LogP contribution in [0.4, 0.5) is 0 Å². The highest BCUT2D eigenvalue weighted by Gasteiger charge is 2.17. The fraction of sp³-hybridized carbons (Fsp3) is 0.864. The molecular formula is C22H43N3O3. The molecule has 0 saturated heterocycles. The van der Waals surface area contributed by atoms with Crippen molar-refractivity contribution in [2.24, 2.45) is 5.73 Å². The number of unbranched alkanes of at least 4 members (excludes halogenated alkanes) is 9. The molecule has 0 saturated carbocycles. The fourth-order valence-electron chi connectivity index (χ4n) is 3.12. The Balaban J connectivity index is 3.79. The van der Waals surface area contributed by atoms with Gasteiger partial charge >= 0.3 is 0 Å². The lowest BCUT2D eigenvalue weighted by Gasteiger charge is -2.15. The molecule has 164 valence electrons. The van der Waals surface area contributed by atoms with Crippen molar-refractivity contribution in [3.8, 4) is 0 Å². The first-order valence-electron chi connectivity index (χ1n) is 11.4. The SMILES string of the molecule is CCCCCCCC(=O)NCCCCC(NC(=O)CCCCCCC)C(N)=O. The number of carbonyl (C=O) groups excluding carboxylic acids is 3. The minimum atomic E-state index is -0.614. The second-order valence-corrected chi connectivity index (χ2v) is 7.70. The highest BCUT2D eigenvalue weighted by molar-refractivity contribution is 5.86. The Bertz CT molecular complexity index is 427. The highest BCUT2D eigenvalue weighted by atomic mass is 16.2. The molecule has 0 aromatic heterocycles. The predicted octanol–water partition coefficient (Wildman–Crippen LogP) is 3.96. The van der Waals surface area contributed by atoms with Gasteiger partial charge in [0.2, 0.25) is 17.7 Å². The van der Waals surface area contributed by atoms with Crippen molar-refractivity contribution in [1.29, 1.82) is 0 Å². The van der Waals surface area contributed by atoms with Crippen molar-refractivity contribution < 1.29 is 14.4 Å². The van der Waals surface area contributed by atoms with Gasteiger partial charge in [-0.15, -0.1) is 0 Å². The number of rotatable bonds is 19. The smallest absolute Gasteiger partial charge is 0.239 e. The molecule has 1 unspecified atom stereocenters. The quantitative estimate of drug-likeness (QED) is 0.287. The summed E-state index contributed by atoms with van der Waals surface area (Å²) in [5, 5.41) is 5.67. The summed E-state index contributed by atoms with van der Waals surface area (Å²) in [5.41, 5.74) is 5.41. The Hall–Kier alpha value is -1.59. The molecule has 1 atom stereocenters. The van der Waals surface area contributed by atoms with E-state index >= 15 is 0 Å². The minimum absolute atomic E-state index is 0.0966. The largest absolute Gasteiger partial charge is 0.368 e. The minimum Gasteiger partial charge on any atom is -0.368 e. The number of amides is 3. The molecule has 0 aliphatic heterocycles. The second kappa shape index (κ2) is 18.8. The van der Waals surface area contributed by atoms with Crippen LogP contribution in [0, 0.1) is 0 Å². The van der Waals surface area contributed by atoms with Gasteiger partial charge in [0.25, 0.3) is 0 Å². The Kier molecular flexibility index (Phi) is 17.7. The van der Waals surface area contributed by atoms with Crippen molar-refractivity contribution in [3.05, 3.63) is 0 Å². The van der Waals surface area contributed by atoms with Crippen LogP contribution >= 0.6 is 0 Å². The van der Waals surface area contributed by atoms with Gasteiger partial charge in [0.1, 0.15) is 6.04 Å². The monoisotopic (exact) mass is 397 g/mol. The lowest BCUT2D eigenvalue weighted by molar-refractivity contribution is -0.127. The average molecular weight is 398 g/mol. The molecule has 0 aromatic rings. The number of hydrogen-bond donors (Lipinski definition) is 3. The standard InChI is InChI=1S/C22H43N3O3/c1-3-5-7-9-11-16-20(26)24-18-14-13-15-19(22(23)28)25-21(27)17-12-10-8-6-4-2/h19H,3-18H2,1-2H3,(H2,23,28)(H,24,26)(H,25,27). The summed E-state index contributed by atoms with van der Waals surface area (Å²) in [6.07, 6.45) is 14.2. The molecule has 0 bridgehead atoms. The van der Waals surface area contributed by atoms with Crippen molar-refractivity contribution in [3.63, 3.8) is 0 Å². The first kappa shape index (κ1) is 26.4. The van der Waals surface area contributed by atoms with Crippen molar-refractivity contribution >= 4 is 17.7 Å². The van der Waals surface area contributed by atoms with Gasteiger partial charge in [0.05, 0.1) is 0 Å². The first-order valence-corrected chi connectivity index (χ1v) is 11.4. The lowest BCUT2D eigenvalue weighted by Crippen LogP contribution is -2.44. The number of nitrogens with two attached hydrogens (primary N) is 1. The topological polar surface area (TPSA) is 101 Å². The van der Waals surface area contributed by atoms with Crippen molar-refractivity contribution in [1.82, 2.24) is 10.6 Å². The van der Waals surface area contributed by atoms with E-state index < -0.39 is 11.9 Å². The Morgan fingerprint density at radius 1 is 0.714 bits per heavy atom. The van der Waals surface area contributed by atoms with E-state index in [4.69, 9.17) is 5.73 Å². The molecule has 4 N–H and O–H groups in total. The summed E-state index contributed by atoms with van der Waals surface area (Å²) in [6.45, 7) is 4.93. The summed E-state index contributed by atoms with van der Waals surface area (Å²) in [6, 6.07) is -0.614. The Labute approximate surface area is 171 Å². The van der Waals surface area contributed by atoms with E-state index in [0.29, 0.717) is 25.8 Å². The molecule has 0 fully saturated rings. The molecule has 0 radical (unpaired) electrons. The second-order valence-electron chi connectivity index (χ2n) is 7.70. The molecule has 6 heteroatoms. The molecule has 0 rings (SSSR count). The van der Waals surface area contributed by atoms with Crippen LogP contribution in [0.3, 0.4) is 0 Å². The fourth-order valence-corrected chi connectivity index (χ4v) is 3.12. The summed E-state index contributed by atoms with van der Waals surface area (Å²) >= 11 is 0. The van der Waals surface area contributed by atoms with Crippen molar-refractivity contribution in [2.45, 2.75) is 116 Å². The zero-order valence-electron chi connectivity index (χ0n) is 18.2. The van der Waals surface area contributed by atoms with E-state index in [2.05, 4.69) is 24.5 Å². The maximum Gasteiger partial charge on any atom is 0.239 e. The molecular weight excluding hydrogens is 354 g/mol. The van der Waals surface area contributed by atoms with E-state index in [1.807, 2.05) is 0 Å². The number of carbonyl (C=O) groups is 3. The van der Waals surface area contributed by atoms with Gasteiger partial charge in [-0.05, 0) is 32.1 Å². The van der Waals surface area contributed by atoms with Crippen LogP contribution in [0.25, 0.3) is 0 Å². The van der Waals surface area contributed by atoms with E-state index in [1.54, 1.807) is 0 Å². The van der Waals surface area contributed by atoms with Crippen LogP contribution in [0.5, 0.6) is 0 Å². The van der Waals surface area contributed by atoms with Crippen LogP contribution in [-0.4, -0.2) is 30.3 Å². The van der Waals surface area contributed by atoms with Gasteiger partial charge in [-0.1, -0.05) is 65.2 Å². The van der Waals surface area contributed by atoms with E-state index in [1.165, 1.54) is 32.1 Å². The summed E-state index contributed by atoms with van der Waals surface area (Å²) < 4.78 is 0. The third-order valence-electron chi connectivity index (χ3n) is 4.94. The normalized spacial score (nSPS) is 11.8.